The minimum atomic E-state index is -0.0434. The summed E-state index contributed by atoms with van der Waals surface area (Å²) in [5.41, 5.74) is 4.95. The Bertz CT molecular complexity index is 713. The van der Waals surface area contributed by atoms with Crippen molar-refractivity contribution in [2.75, 3.05) is 12.3 Å². The highest BCUT2D eigenvalue weighted by molar-refractivity contribution is 7.99. The van der Waals surface area contributed by atoms with Crippen LogP contribution in [0.15, 0.2) is 48.5 Å². The molecule has 0 aromatic heterocycles. The Balaban J connectivity index is 1.88. The first kappa shape index (κ1) is 17.1. The summed E-state index contributed by atoms with van der Waals surface area (Å²) in [6.45, 7) is 7.21. The van der Waals surface area contributed by atoms with Gasteiger partial charge in [-0.15, -0.1) is 11.8 Å². The highest BCUT2D eigenvalue weighted by atomic mass is 32.2. The van der Waals surface area contributed by atoms with Crippen LogP contribution < -0.4 is 0 Å². The molecule has 2 atom stereocenters. The molecule has 0 N–H and O–H groups in total. The first-order valence-electron chi connectivity index (χ1n) is 8.66. The summed E-state index contributed by atoms with van der Waals surface area (Å²) in [7, 11) is 0. The summed E-state index contributed by atoms with van der Waals surface area (Å²) >= 11 is 1.88. The van der Waals surface area contributed by atoms with E-state index >= 15 is 0 Å². The average molecular weight is 340 g/mol. The number of nitrogens with zero attached hydrogens (tertiary/aromatic N) is 1. The molecule has 0 bridgehead atoms. The topological polar surface area (TPSA) is 20.3 Å². The van der Waals surface area contributed by atoms with Gasteiger partial charge in [0.1, 0.15) is 5.37 Å². The summed E-state index contributed by atoms with van der Waals surface area (Å²) in [6, 6.07) is 16.7. The average Bonchev–Trinajstić information content (AvgIpc) is 3.06. The van der Waals surface area contributed by atoms with Crippen LogP contribution >= 0.6 is 11.8 Å². The van der Waals surface area contributed by atoms with Gasteiger partial charge in [-0.2, -0.15) is 0 Å². The van der Waals surface area contributed by atoms with E-state index in [4.69, 9.17) is 0 Å². The molecule has 24 heavy (non-hydrogen) atoms. The largest absolute Gasteiger partial charge is 0.325 e. The summed E-state index contributed by atoms with van der Waals surface area (Å²) < 4.78 is 0. The lowest BCUT2D eigenvalue weighted by atomic mass is 9.94. The zero-order valence-corrected chi connectivity index (χ0v) is 15.5. The number of hydrogen-bond donors (Lipinski definition) is 0. The number of thioether (sulfide) groups is 1. The standard InChI is InChI=1S/C21H25NOS/c1-4-18(17-8-6-5-7-9-17)20(23)22-12-13-24-21(22)19-11-10-15(2)14-16(19)3/h5-11,14,18,21H,4,12-13H2,1-3H3. The Morgan fingerprint density at radius 2 is 1.96 bits per heavy atom. The van der Waals surface area contributed by atoms with Crippen molar-refractivity contribution < 1.29 is 4.79 Å². The van der Waals surface area contributed by atoms with Gasteiger partial charge in [0, 0.05) is 12.3 Å². The Morgan fingerprint density at radius 3 is 2.62 bits per heavy atom. The number of aryl methyl sites for hydroxylation is 2. The third-order valence-corrected chi connectivity index (χ3v) is 6.02. The zero-order chi connectivity index (χ0) is 17.1. The molecular weight excluding hydrogens is 314 g/mol. The monoisotopic (exact) mass is 339 g/mol. The maximum atomic E-state index is 13.3. The molecule has 1 amide bonds. The minimum absolute atomic E-state index is 0.0434. The molecule has 0 saturated carbocycles. The number of carbonyl (C=O) groups excluding carboxylic acids is 1. The van der Waals surface area contributed by atoms with Crippen LogP contribution in [0.1, 0.15) is 46.9 Å². The van der Waals surface area contributed by atoms with E-state index in [1.807, 2.05) is 30.0 Å². The van der Waals surface area contributed by atoms with Crippen LogP contribution in [-0.4, -0.2) is 23.1 Å². The molecule has 1 saturated heterocycles. The molecule has 2 aromatic carbocycles. The molecule has 2 aromatic rings. The zero-order valence-electron chi connectivity index (χ0n) is 14.7. The van der Waals surface area contributed by atoms with Gasteiger partial charge < -0.3 is 4.90 Å². The lowest BCUT2D eigenvalue weighted by Crippen LogP contribution is -2.34. The summed E-state index contributed by atoms with van der Waals surface area (Å²) in [5, 5.41) is 0.149. The molecule has 0 spiro atoms. The maximum Gasteiger partial charge on any atom is 0.231 e. The van der Waals surface area contributed by atoms with Crippen LogP contribution in [0.3, 0.4) is 0 Å². The van der Waals surface area contributed by atoms with Crippen molar-refractivity contribution in [3.63, 3.8) is 0 Å². The molecule has 0 radical (unpaired) electrons. The van der Waals surface area contributed by atoms with Crippen molar-refractivity contribution in [3.05, 3.63) is 70.8 Å². The quantitative estimate of drug-likeness (QED) is 0.775. The molecule has 1 aliphatic heterocycles. The second kappa shape index (κ2) is 7.43. The van der Waals surface area contributed by atoms with E-state index in [0.29, 0.717) is 0 Å². The minimum Gasteiger partial charge on any atom is -0.325 e. The highest BCUT2D eigenvalue weighted by Gasteiger charge is 2.35. The number of amides is 1. The van der Waals surface area contributed by atoms with E-state index in [0.717, 1.165) is 24.3 Å². The van der Waals surface area contributed by atoms with Crippen molar-refractivity contribution >= 4 is 17.7 Å². The fourth-order valence-corrected chi connectivity index (χ4v) is 4.85. The molecule has 1 aliphatic rings. The number of hydrogen-bond acceptors (Lipinski definition) is 2. The van der Waals surface area contributed by atoms with E-state index < -0.39 is 0 Å². The van der Waals surface area contributed by atoms with Crippen LogP contribution in [0.25, 0.3) is 0 Å². The first-order valence-corrected chi connectivity index (χ1v) is 9.71. The van der Waals surface area contributed by atoms with Crippen LogP contribution in [-0.2, 0) is 4.79 Å². The number of benzene rings is 2. The third-order valence-electron chi connectivity index (χ3n) is 4.77. The van der Waals surface area contributed by atoms with E-state index in [2.05, 4.69) is 56.0 Å². The van der Waals surface area contributed by atoms with E-state index in [-0.39, 0.29) is 17.2 Å². The van der Waals surface area contributed by atoms with Gasteiger partial charge in [0.2, 0.25) is 5.91 Å². The Morgan fingerprint density at radius 1 is 1.21 bits per heavy atom. The lowest BCUT2D eigenvalue weighted by molar-refractivity contribution is -0.133. The van der Waals surface area contributed by atoms with Gasteiger partial charge in [0.05, 0.1) is 5.92 Å². The van der Waals surface area contributed by atoms with E-state index in [1.54, 1.807) is 0 Å². The predicted octanol–water partition coefficient (Wildman–Crippen LogP) is 5.07. The van der Waals surface area contributed by atoms with Gasteiger partial charge >= 0.3 is 0 Å². The lowest BCUT2D eigenvalue weighted by Gasteiger charge is -2.29. The van der Waals surface area contributed by atoms with Gasteiger partial charge in [-0.05, 0) is 37.0 Å². The molecule has 3 heteroatoms. The summed E-state index contributed by atoms with van der Waals surface area (Å²) in [5.74, 6) is 1.23. The fraction of sp³-hybridized carbons (Fsp3) is 0.381. The van der Waals surface area contributed by atoms with Gasteiger partial charge in [0.15, 0.2) is 0 Å². The SMILES string of the molecule is CCC(C(=O)N1CCSC1c1ccc(C)cc1C)c1ccccc1. The van der Waals surface area contributed by atoms with Crippen LogP contribution in [0.2, 0.25) is 0 Å². The van der Waals surface area contributed by atoms with Crippen molar-refractivity contribution in [3.8, 4) is 0 Å². The smallest absolute Gasteiger partial charge is 0.231 e. The molecule has 126 valence electrons. The van der Waals surface area contributed by atoms with Crippen LogP contribution in [0.4, 0.5) is 0 Å². The van der Waals surface area contributed by atoms with Crippen molar-refractivity contribution in [2.24, 2.45) is 0 Å². The van der Waals surface area contributed by atoms with E-state index in [9.17, 15) is 4.79 Å². The van der Waals surface area contributed by atoms with Gasteiger partial charge in [0.25, 0.3) is 0 Å². The van der Waals surface area contributed by atoms with Gasteiger partial charge in [-0.25, -0.2) is 0 Å². The van der Waals surface area contributed by atoms with Crippen molar-refractivity contribution in [1.29, 1.82) is 0 Å². The van der Waals surface area contributed by atoms with Gasteiger partial charge in [-0.3, -0.25) is 4.79 Å². The molecule has 2 nitrogen and oxygen atoms in total. The summed E-state index contributed by atoms with van der Waals surface area (Å²) in [6.07, 6.45) is 0.837. The predicted molar refractivity (Wildman–Crippen MR) is 102 cm³/mol. The molecule has 3 rings (SSSR count). The van der Waals surface area contributed by atoms with Crippen LogP contribution in [0.5, 0.6) is 0 Å². The molecule has 2 unspecified atom stereocenters. The van der Waals surface area contributed by atoms with Gasteiger partial charge in [-0.1, -0.05) is 61.0 Å². The number of carbonyl (C=O) groups is 1. The highest BCUT2D eigenvalue weighted by Crippen LogP contribution is 2.41. The second-order valence-electron chi connectivity index (χ2n) is 6.49. The third kappa shape index (κ3) is 3.36. The first-order chi connectivity index (χ1) is 11.6. The fourth-order valence-electron chi connectivity index (χ4n) is 3.49. The molecule has 1 fully saturated rings. The normalized spacial score (nSPS) is 18.6. The van der Waals surface area contributed by atoms with Crippen molar-refractivity contribution in [1.82, 2.24) is 4.90 Å². The van der Waals surface area contributed by atoms with Crippen LogP contribution in [0, 0.1) is 13.8 Å². The molecule has 1 heterocycles. The second-order valence-corrected chi connectivity index (χ2v) is 7.67. The number of rotatable bonds is 4. The maximum absolute atomic E-state index is 13.3. The molecule has 0 aliphatic carbocycles. The summed E-state index contributed by atoms with van der Waals surface area (Å²) in [4.78, 5) is 15.3. The Labute approximate surface area is 149 Å². The Hall–Kier alpha value is -1.74. The molecular formula is C21H25NOS. The van der Waals surface area contributed by atoms with E-state index in [1.165, 1.54) is 16.7 Å². The van der Waals surface area contributed by atoms with Crippen molar-refractivity contribution in [2.45, 2.75) is 38.5 Å². The Kier molecular flexibility index (Phi) is 5.30.